The molecule has 0 saturated carbocycles. The number of thioether (sulfide) groups is 1. The van der Waals surface area contributed by atoms with E-state index >= 15 is 0 Å². The van der Waals surface area contributed by atoms with Crippen molar-refractivity contribution in [3.8, 4) is 0 Å². The molecule has 0 spiro atoms. The lowest BCUT2D eigenvalue weighted by atomic mass is 10.1. The number of rotatable bonds is 4. The maximum absolute atomic E-state index is 13.4. The van der Waals surface area contributed by atoms with Crippen molar-refractivity contribution in [1.82, 2.24) is 0 Å². The number of allylic oxidation sites excluding steroid dienone is 2. The van der Waals surface area contributed by atoms with Crippen molar-refractivity contribution in [1.29, 1.82) is 0 Å². The predicted molar refractivity (Wildman–Crippen MR) is 133 cm³/mol. The number of hydrogen-bond acceptors (Lipinski definition) is 3. The lowest BCUT2D eigenvalue weighted by molar-refractivity contribution is -0.113. The predicted octanol–water partition coefficient (Wildman–Crippen LogP) is 7.06. The number of benzene rings is 3. The van der Waals surface area contributed by atoms with Gasteiger partial charge in [0, 0.05) is 0 Å². The molecular formula is C27H24N2OS. The summed E-state index contributed by atoms with van der Waals surface area (Å²) in [4.78, 5) is 20.5. The highest BCUT2D eigenvalue weighted by molar-refractivity contribution is 8.19. The van der Waals surface area contributed by atoms with Gasteiger partial charge in [0.15, 0.2) is 5.17 Å². The third kappa shape index (κ3) is 5.04. The molecule has 3 nitrogen and oxygen atoms in total. The molecule has 0 N–H and O–H groups in total. The average molecular weight is 425 g/mol. The van der Waals surface area contributed by atoms with Gasteiger partial charge in [-0.05, 0) is 74.0 Å². The Morgan fingerprint density at radius 2 is 1.48 bits per heavy atom. The summed E-state index contributed by atoms with van der Waals surface area (Å²) < 4.78 is 0. The maximum atomic E-state index is 13.4. The molecule has 1 amide bonds. The van der Waals surface area contributed by atoms with Crippen molar-refractivity contribution in [3.05, 3.63) is 112 Å². The topological polar surface area (TPSA) is 32.7 Å². The van der Waals surface area contributed by atoms with Crippen molar-refractivity contribution in [2.24, 2.45) is 4.99 Å². The van der Waals surface area contributed by atoms with Crippen LogP contribution in [0.1, 0.15) is 23.6 Å². The Kier molecular flexibility index (Phi) is 6.19. The summed E-state index contributed by atoms with van der Waals surface area (Å²) in [5.41, 5.74) is 6.10. The van der Waals surface area contributed by atoms with E-state index in [2.05, 4.69) is 18.2 Å². The summed E-state index contributed by atoms with van der Waals surface area (Å²) in [6, 6.07) is 26.1. The zero-order valence-electron chi connectivity index (χ0n) is 17.9. The first-order valence-corrected chi connectivity index (χ1v) is 11.0. The summed E-state index contributed by atoms with van der Waals surface area (Å²) in [7, 11) is 0. The van der Waals surface area contributed by atoms with Gasteiger partial charge in [-0.25, -0.2) is 4.99 Å². The minimum absolute atomic E-state index is 0.0551. The monoisotopic (exact) mass is 424 g/mol. The molecule has 31 heavy (non-hydrogen) atoms. The molecule has 1 heterocycles. The quantitative estimate of drug-likeness (QED) is 0.420. The van der Waals surface area contributed by atoms with Crippen LogP contribution in [0.3, 0.4) is 0 Å². The highest BCUT2D eigenvalue weighted by Gasteiger charge is 2.34. The number of anilines is 1. The van der Waals surface area contributed by atoms with Crippen LogP contribution in [0.25, 0.3) is 6.08 Å². The van der Waals surface area contributed by atoms with Crippen LogP contribution < -0.4 is 4.90 Å². The van der Waals surface area contributed by atoms with E-state index in [0.717, 1.165) is 28.1 Å². The Morgan fingerprint density at radius 3 is 2.13 bits per heavy atom. The van der Waals surface area contributed by atoms with Gasteiger partial charge in [0.25, 0.3) is 5.91 Å². The third-order valence-corrected chi connectivity index (χ3v) is 5.88. The highest BCUT2D eigenvalue weighted by Crippen LogP contribution is 2.37. The lowest BCUT2D eigenvalue weighted by Crippen LogP contribution is -2.28. The molecular weight excluding hydrogens is 400 g/mol. The molecule has 0 aromatic heterocycles. The van der Waals surface area contributed by atoms with Gasteiger partial charge in [0.05, 0.1) is 16.3 Å². The molecule has 1 aliphatic heterocycles. The van der Waals surface area contributed by atoms with Crippen LogP contribution in [-0.4, -0.2) is 11.1 Å². The Balaban J connectivity index is 1.72. The summed E-state index contributed by atoms with van der Waals surface area (Å²) in [6.07, 6.45) is 4.02. The number of hydrogen-bond donors (Lipinski definition) is 0. The van der Waals surface area contributed by atoms with Crippen LogP contribution in [0.4, 0.5) is 11.4 Å². The summed E-state index contributed by atoms with van der Waals surface area (Å²) in [6.45, 7) is 6.10. The second kappa shape index (κ2) is 9.19. The molecule has 1 aliphatic rings. The molecule has 3 aromatic carbocycles. The fraction of sp³-hybridized carbons (Fsp3) is 0.111. The van der Waals surface area contributed by atoms with Crippen LogP contribution in [0, 0.1) is 13.8 Å². The van der Waals surface area contributed by atoms with Crippen molar-refractivity contribution < 1.29 is 4.79 Å². The number of carbonyl (C=O) groups is 1. The molecule has 3 aromatic rings. The average Bonchev–Trinajstić information content (AvgIpc) is 3.05. The molecule has 1 fully saturated rings. The first-order valence-electron chi connectivity index (χ1n) is 10.2. The van der Waals surface area contributed by atoms with E-state index < -0.39 is 0 Å². The van der Waals surface area contributed by atoms with Gasteiger partial charge in [-0.2, -0.15) is 0 Å². The molecule has 0 aliphatic carbocycles. The summed E-state index contributed by atoms with van der Waals surface area (Å²) >= 11 is 1.41. The van der Waals surface area contributed by atoms with E-state index in [1.54, 1.807) is 4.90 Å². The van der Waals surface area contributed by atoms with Crippen LogP contribution in [0.2, 0.25) is 0 Å². The largest absolute Gasteiger partial charge is 0.271 e. The SMILES string of the molecule is CC(=C/c1ccccc1)/C=C1/SC(=Nc2ccc(C)cc2)N(c2ccc(C)cc2)C1=O. The fourth-order valence-corrected chi connectivity index (χ4v) is 4.31. The van der Waals surface area contributed by atoms with Crippen LogP contribution in [0.15, 0.2) is 100 Å². The second-order valence-electron chi connectivity index (χ2n) is 7.62. The number of amides is 1. The highest BCUT2D eigenvalue weighted by atomic mass is 32.2. The molecule has 4 heteroatoms. The maximum Gasteiger partial charge on any atom is 0.271 e. The van der Waals surface area contributed by atoms with Gasteiger partial charge >= 0.3 is 0 Å². The number of carbonyl (C=O) groups excluding carboxylic acids is 1. The van der Waals surface area contributed by atoms with E-state index in [9.17, 15) is 4.79 Å². The molecule has 0 bridgehead atoms. The minimum atomic E-state index is -0.0551. The molecule has 154 valence electrons. The van der Waals surface area contributed by atoms with Gasteiger partial charge < -0.3 is 0 Å². The molecule has 0 atom stereocenters. The number of nitrogens with zero attached hydrogens (tertiary/aromatic N) is 2. The van der Waals surface area contributed by atoms with Gasteiger partial charge in [0.1, 0.15) is 0 Å². The lowest BCUT2D eigenvalue weighted by Gasteiger charge is -2.16. The van der Waals surface area contributed by atoms with Crippen molar-refractivity contribution in [2.75, 3.05) is 4.90 Å². The minimum Gasteiger partial charge on any atom is -0.268 e. The van der Waals surface area contributed by atoms with Gasteiger partial charge in [-0.15, -0.1) is 0 Å². The van der Waals surface area contributed by atoms with Gasteiger partial charge in [-0.1, -0.05) is 71.8 Å². The van der Waals surface area contributed by atoms with Gasteiger partial charge in [-0.3, -0.25) is 9.69 Å². The van der Waals surface area contributed by atoms with Crippen molar-refractivity contribution in [3.63, 3.8) is 0 Å². The van der Waals surface area contributed by atoms with E-state index in [1.165, 1.54) is 17.3 Å². The zero-order valence-corrected chi connectivity index (χ0v) is 18.7. The third-order valence-electron chi connectivity index (χ3n) is 4.91. The number of amidine groups is 1. The standard InChI is InChI=1S/C27H24N2OS/c1-19-9-13-23(14-10-19)28-27-29(24-15-11-20(2)12-16-24)26(30)25(31-27)18-21(3)17-22-7-5-4-6-8-22/h4-18H,1-3H3/b21-17-,25-18+,28-27?. The van der Waals surface area contributed by atoms with E-state index in [-0.39, 0.29) is 5.91 Å². The van der Waals surface area contributed by atoms with Gasteiger partial charge in [0.2, 0.25) is 0 Å². The fourth-order valence-electron chi connectivity index (χ4n) is 3.26. The molecule has 0 unspecified atom stereocenters. The van der Waals surface area contributed by atoms with Crippen molar-refractivity contribution in [2.45, 2.75) is 20.8 Å². The number of aliphatic imine (C=N–C) groups is 1. The zero-order chi connectivity index (χ0) is 21.8. The van der Waals surface area contributed by atoms with E-state index in [4.69, 9.17) is 4.99 Å². The Labute approximate surface area is 187 Å². The summed E-state index contributed by atoms with van der Waals surface area (Å²) in [5, 5.41) is 0.663. The Hall–Kier alpha value is -3.37. The molecule has 1 saturated heterocycles. The molecule has 0 radical (unpaired) electrons. The first-order chi connectivity index (χ1) is 15.0. The smallest absolute Gasteiger partial charge is 0.268 e. The van der Waals surface area contributed by atoms with E-state index in [1.807, 2.05) is 93.6 Å². The number of aryl methyl sites for hydroxylation is 2. The Morgan fingerprint density at radius 1 is 0.871 bits per heavy atom. The first kappa shape index (κ1) is 20.9. The second-order valence-corrected chi connectivity index (χ2v) is 8.62. The van der Waals surface area contributed by atoms with Crippen LogP contribution in [0.5, 0.6) is 0 Å². The molecule has 4 rings (SSSR count). The normalized spacial score (nSPS) is 17.1. The summed E-state index contributed by atoms with van der Waals surface area (Å²) in [5.74, 6) is -0.0551. The Bertz CT molecular complexity index is 1170. The van der Waals surface area contributed by atoms with Crippen LogP contribution in [-0.2, 0) is 4.79 Å². The van der Waals surface area contributed by atoms with Crippen molar-refractivity contribution >= 4 is 40.3 Å². The van der Waals surface area contributed by atoms with E-state index in [0.29, 0.717) is 10.1 Å². The van der Waals surface area contributed by atoms with Crippen LogP contribution >= 0.6 is 11.8 Å².